The average Bonchev–Trinajstić information content (AvgIpc) is 2.67. The summed E-state index contributed by atoms with van der Waals surface area (Å²) in [4.78, 5) is 11.4. The number of hydrogen-bond donors (Lipinski definition) is 1. The molecule has 0 spiro atoms. The molecule has 0 fully saturated rings. The molecule has 0 heterocycles. The van der Waals surface area contributed by atoms with Crippen molar-refractivity contribution >= 4 is 5.97 Å². The molecule has 0 aliphatic carbocycles. The molecule has 0 atom stereocenters. The molecule has 3 aromatic rings. The lowest BCUT2D eigenvalue weighted by atomic mass is 10.1. The Labute approximate surface area is 150 Å². The Morgan fingerprint density at radius 3 is 1.81 bits per heavy atom. The summed E-state index contributed by atoms with van der Waals surface area (Å²) < 4.78 is 25.3. The summed E-state index contributed by atoms with van der Waals surface area (Å²) in [6.45, 7) is 0.340. The van der Waals surface area contributed by atoms with Crippen molar-refractivity contribution in [3.05, 3.63) is 95.3 Å². The molecule has 0 aliphatic heterocycles. The molecule has 132 valence electrons. The number of rotatable bonds is 7. The first-order valence-electron chi connectivity index (χ1n) is 8.04. The predicted molar refractivity (Wildman–Crippen MR) is 94.9 cm³/mol. The molecular formula is C21H17FO4. The molecule has 0 saturated heterocycles. The van der Waals surface area contributed by atoms with Crippen LogP contribution in [0.2, 0.25) is 0 Å². The second-order valence-electron chi connectivity index (χ2n) is 5.63. The van der Waals surface area contributed by atoms with Crippen LogP contribution in [-0.2, 0) is 13.2 Å². The topological polar surface area (TPSA) is 55.8 Å². The molecule has 0 bridgehead atoms. The van der Waals surface area contributed by atoms with Crippen molar-refractivity contribution in [2.24, 2.45) is 0 Å². The van der Waals surface area contributed by atoms with E-state index in [4.69, 9.17) is 9.47 Å². The van der Waals surface area contributed by atoms with Crippen LogP contribution in [0, 0.1) is 5.82 Å². The molecule has 26 heavy (non-hydrogen) atoms. The summed E-state index contributed by atoms with van der Waals surface area (Å²) in [5.74, 6) is -2.00. The van der Waals surface area contributed by atoms with Gasteiger partial charge in [-0.1, -0.05) is 60.7 Å². The standard InChI is InChI=1S/C21H17FO4/c22-18-11-17(21(23)24)19(25-13-15-7-3-1-4-8-15)12-20(18)26-14-16-9-5-2-6-10-16/h1-12H,13-14H2,(H,23,24). The Kier molecular flexibility index (Phi) is 5.49. The largest absolute Gasteiger partial charge is 0.488 e. The zero-order chi connectivity index (χ0) is 18.4. The summed E-state index contributed by atoms with van der Waals surface area (Å²) in [5, 5.41) is 9.30. The Balaban J connectivity index is 1.80. The van der Waals surface area contributed by atoms with Gasteiger partial charge in [0.1, 0.15) is 24.5 Å². The molecule has 0 saturated carbocycles. The highest BCUT2D eigenvalue weighted by molar-refractivity contribution is 5.91. The van der Waals surface area contributed by atoms with Gasteiger partial charge in [0.2, 0.25) is 0 Å². The fraction of sp³-hybridized carbons (Fsp3) is 0.0952. The van der Waals surface area contributed by atoms with Gasteiger partial charge in [0.05, 0.1) is 0 Å². The van der Waals surface area contributed by atoms with Crippen LogP contribution in [0.3, 0.4) is 0 Å². The minimum absolute atomic E-state index is 0.0538. The van der Waals surface area contributed by atoms with Crippen LogP contribution in [0.1, 0.15) is 21.5 Å². The zero-order valence-corrected chi connectivity index (χ0v) is 13.9. The third-order valence-electron chi connectivity index (χ3n) is 3.74. The number of carbonyl (C=O) groups is 1. The van der Waals surface area contributed by atoms with Gasteiger partial charge < -0.3 is 14.6 Å². The maximum atomic E-state index is 14.2. The fourth-order valence-electron chi connectivity index (χ4n) is 2.40. The highest BCUT2D eigenvalue weighted by Crippen LogP contribution is 2.29. The van der Waals surface area contributed by atoms with E-state index in [1.165, 1.54) is 6.07 Å². The van der Waals surface area contributed by atoms with Crippen LogP contribution in [0.5, 0.6) is 11.5 Å². The van der Waals surface area contributed by atoms with Gasteiger partial charge in [-0.2, -0.15) is 0 Å². The maximum absolute atomic E-state index is 14.2. The van der Waals surface area contributed by atoms with E-state index in [2.05, 4.69) is 0 Å². The van der Waals surface area contributed by atoms with E-state index in [1.54, 1.807) is 0 Å². The van der Waals surface area contributed by atoms with Crippen molar-refractivity contribution in [1.29, 1.82) is 0 Å². The Hall–Kier alpha value is -3.34. The molecule has 5 heteroatoms. The number of aromatic carboxylic acids is 1. The van der Waals surface area contributed by atoms with E-state index in [9.17, 15) is 14.3 Å². The van der Waals surface area contributed by atoms with Crippen LogP contribution in [0.15, 0.2) is 72.8 Å². The van der Waals surface area contributed by atoms with Crippen molar-refractivity contribution in [3.8, 4) is 11.5 Å². The molecular weight excluding hydrogens is 335 g/mol. The zero-order valence-electron chi connectivity index (χ0n) is 13.9. The maximum Gasteiger partial charge on any atom is 0.339 e. The van der Waals surface area contributed by atoms with Crippen LogP contribution >= 0.6 is 0 Å². The highest BCUT2D eigenvalue weighted by atomic mass is 19.1. The van der Waals surface area contributed by atoms with E-state index in [0.717, 1.165) is 17.2 Å². The molecule has 4 nitrogen and oxygen atoms in total. The number of ether oxygens (including phenoxy) is 2. The van der Waals surface area contributed by atoms with E-state index in [-0.39, 0.29) is 30.3 Å². The molecule has 0 radical (unpaired) electrons. The third-order valence-corrected chi connectivity index (χ3v) is 3.74. The molecule has 0 unspecified atom stereocenters. The Morgan fingerprint density at radius 1 is 0.808 bits per heavy atom. The minimum Gasteiger partial charge on any atom is -0.488 e. The summed E-state index contributed by atoms with van der Waals surface area (Å²) in [6.07, 6.45) is 0. The normalized spacial score (nSPS) is 10.3. The number of benzene rings is 3. The van der Waals surface area contributed by atoms with Gasteiger partial charge in [-0.05, 0) is 17.2 Å². The second kappa shape index (κ2) is 8.16. The summed E-state index contributed by atoms with van der Waals surface area (Å²) in [5.41, 5.74) is 1.51. The summed E-state index contributed by atoms with van der Waals surface area (Å²) >= 11 is 0. The van der Waals surface area contributed by atoms with Crippen molar-refractivity contribution in [1.82, 2.24) is 0 Å². The van der Waals surface area contributed by atoms with Crippen LogP contribution in [0.25, 0.3) is 0 Å². The van der Waals surface area contributed by atoms with Gasteiger partial charge in [-0.3, -0.25) is 0 Å². The number of halogens is 1. The molecule has 0 aromatic heterocycles. The Bertz CT molecular complexity index is 879. The highest BCUT2D eigenvalue weighted by Gasteiger charge is 2.17. The first-order valence-corrected chi connectivity index (χ1v) is 8.04. The summed E-state index contributed by atoms with van der Waals surface area (Å²) in [7, 11) is 0. The van der Waals surface area contributed by atoms with Crippen molar-refractivity contribution in [3.63, 3.8) is 0 Å². The number of carboxylic acid groups (broad SMARTS) is 1. The number of carboxylic acids is 1. The van der Waals surface area contributed by atoms with E-state index < -0.39 is 11.8 Å². The summed E-state index contributed by atoms with van der Waals surface area (Å²) in [6, 6.07) is 20.8. The van der Waals surface area contributed by atoms with Gasteiger partial charge in [0.25, 0.3) is 0 Å². The van der Waals surface area contributed by atoms with E-state index in [1.807, 2.05) is 60.7 Å². The first kappa shape index (κ1) is 17.5. The van der Waals surface area contributed by atoms with Gasteiger partial charge in [0, 0.05) is 6.07 Å². The van der Waals surface area contributed by atoms with Crippen molar-refractivity contribution in [2.75, 3.05) is 0 Å². The first-order chi connectivity index (χ1) is 12.6. The molecule has 3 aromatic carbocycles. The smallest absolute Gasteiger partial charge is 0.339 e. The van der Waals surface area contributed by atoms with Gasteiger partial charge in [0.15, 0.2) is 11.6 Å². The molecule has 3 rings (SSSR count). The van der Waals surface area contributed by atoms with Crippen LogP contribution in [-0.4, -0.2) is 11.1 Å². The SMILES string of the molecule is O=C(O)c1cc(F)c(OCc2ccccc2)cc1OCc1ccccc1. The number of hydrogen-bond acceptors (Lipinski definition) is 3. The second-order valence-corrected chi connectivity index (χ2v) is 5.63. The fourth-order valence-corrected chi connectivity index (χ4v) is 2.40. The minimum atomic E-state index is -1.26. The van der Waals surface area contributed by atoms with E-state index >= 15 is 0 Å². The third kappa shape index (κ3) is 4.39. The lowest BCUT2D eigenvalue weighted by molar-refractivity contribution is 0.0691. The molecule has 0 amide bonds. The average molecular weight is 352 g/mol. The van der Waals surface area contributed by atoms with Crippen molar-refractivity contribution in [2.45, 2.75) is 13.2 Å². The van der Waals surface area contributed by atoms with E-state index in [0.29, 0.717) is 0 Å². The van der Waals surface area contributed by atoms with Gasteiger partial charge in [-0.25, -0.2) is 9.18 Å². The lowest BCUT2D eigenvalue weighted by Crippen LogP contribution is -2.06. The van der Waals surface area contributed by atoms with Crippen LogP contribution in [0.4, 0.5) is 4.39 Å². The molecule has 1 N–H and O–H groups in total. The van der Waals surface area contributed by atoms with Crippen molar-refractivity contribution < 1.29 is 23.8 Å². The van der Waals surface area contributed by atoms with Crippen LogP contribution < -0.4 is 9.47 Å². The quantitative estimate of drug-likeness (QED) is 0.671. The molecule has 0 aliphatic rings. The van der Waals surface area contributed by atoms with Gasteiger partial charge in [-0.15, -0.1) is 0 Å². The monoisotopic (exact) mass is 352 g/mol. The van der Waals surface area contributed by atoms with Gasteiger partial charge >= 0.3 is 5.97 Å². The predicted octanol–water partition coefficient (Wildman–Crippen LogP) is 4.68. The lowest BCUT2D eigenvalue weighted by Gasteiger charge is -2.13. The Morgan fingerprint density at radius 2 is 1.31 bits per heavy atom.